The van der Waals surface area contributed by atoms with Crippen LogP contribution in [0.15, 0.2) is 79.1 Å². The van der Waals surface area contributed by atoms with Gasteiger partial charge in [-0.1, -0.05) is 48.0 Å². The lowest BCUT2D eigenvalue weighted by Crippen LogP contribution is -2.48. The molecule has 11 heteroatoms. The second-order valence-corrected chi connectivity index (χ2v) is 8.61. The summed E-state index contributed by atoms with van der Waals surface area (Å²) >= 11 is 6.17. The quantitative estimate of drug-likeness (QED) is 0.293. The molecular weight excluding hydrogens is 496 g/mol. The summed E-state index contributed by atoms with van der Waals surface area (Å²) in [6, 6.07) is 19.4. The van der Waals surface area contributed by atoms with E-state index >= 15 is 0 Å². The molecule has 188 valence electrons. The van der Waals surface area contributed by atoms with Gasteiger partial charge >= 0.3 is 5.97 Å². The van der Waals surface area contributed by atoms with E-state index in [0.29, 0.717) is 11.4 Å². The highest BCUT2D eigenvalue weighted by Gasteiger charge is 2.22. The fourth-order valence-corrected chi connectivity index (χ4v) is 3.98. The molecule has 0 unspecified atom stereocenters. The standard InChI is InChI=1S/C26H23ClN6O4/c27-21-9-10-23(33-16-29-31-32-33)18(15-21)11-12-28-25(35)22(13-17-5-2-1-3-6-17)30-24(34)19-7-4-8-20(14-19)26(36)37/h1-10,14-16,22H,11-13H2,(H,28,35)(H,30,34)(H,36,37)/t22-/m0/s1. The molecule has 0 aliphatic heterocycles. The molecule has 3 N–H and O–H groups in total. The molecule has 1 atom stereocenters. The zero-order valence-electron chi connectivity index (χ0n) is 19.5. The molecule has 0 aliphatic rings. The lowest BCUT2D eigenvalue weighted by atomic mass is 10.0. The summed E-state index contributed by atoms with van der Waals surface area (Å²) in [5, 5.41) is 26.6. The first-order valence-corrected chi connectivity index (χ1v) is 11.8. The molecule has 4 aromatic rings. The van der Waals surface area contributed by atoms with E-state index < -0.39 is 17.9 Å². The third kappa shape index (κ3) is 6.77. The van der Waals surface area contributed by atoms with Crippen molar-refractivity contribution in [2.45, 2.75) is 18.9 Å². The Morgan fingerprint density at radius 2 is 1.76 bits per heavy atom. The number of benzene rings is 3. The summed E-state index contributed by atoms with van der Waals surface area (Å²) in [6.45, 7) is 0.268. The number of carboxylic acid groups (broad SMARTS) is 1. The van der Waals surface area contributed by atoms with Gasteiger partial charge in [-0.2, -0.15) is 0 Å². The van der Waals surface area contributed by atoms with Crippen molar-refractivity contribution in [3.63, 3.8) is 0 Å². The van der Waals surface area contributed by atoms with E-state index in [2.05, 4.69) is 26.2 Å². The van der Waals surface area contributed by atoms with E-state index in [1.54, 1.807) is 18.2 Å². The molecule has 37 heavy (non-hydrogen) atoms. The number of nitrogens with zero attached hydrogens (tertiary/aromatic N) is 4. The van der Waals surface area contributed by atoms with Gasteiger partial charge in [0, 0.05) is 23.6 Å². The minimum atomic E-state index is -1.14. The maximum absolute atomic E-state index is 13.2. The van der Waals surface area contributed by atoms with Crippen molar-refractivity contribution in [2.24, 2.45) is 0 Å². The number of tetrazole rings is 1. The molecule has 0 saturated carbocycles. The van der Waals surface area contributed by atoms with Crippen molar-refractivity contribution >= 4 is 29.4 Å². The number of carboxylic acids is 1. The zero-order chi connectivity index (χ0) is 26.2. The van der Waals surface area contributed by atoms with Crippen molar-refractivity contribution < 1.29 is 19.5 Å². The molecule has 0 fully saturated rings. The number of carbonyl (C=O) groups is 3. The van der Waals surface area contributed by atoms with Crippen LogP contribution in [0.25, 0.3) is 5.69 Å². The number of halogens is 1. The lowest BCUT2D eigenvalue weighted by Gasteiger charge is -2.19. The highest BCUT2D eigenvalue weighted by Crippen LogP contribution is 2.19. The number of nitrogens with one attached hydrogen (secondary N) is 2. The summed E-state index contributed by atoms with van der Waals surface area (Å²) in [6.07, 6.45) is 2.16. The van der Waals surface area contributed by atoms with E-state index in [9.17, 15) is 19.5 Å². The fraction of sp³-hybridized carbons (Fsp3) is 0.154. The van der Waals surface area contributed by atoms with Crippen LogP contribution < -0.4 is 10.6 Å². The Morgan fingerprint density at radius 3 is 2.49 bits per heavy atom. The number of amides is 2. The second-order valence-electron chi connectivity index (χ2n) is 8.17. The summed E-state index contributed by atoms with van der Waals surface area (Å²) in [7, 11) is 0. The van der Waals surface area contributed by atoms with Crippen LogP contribution in [0, 0.1) is 0 Å². The number of aromatic nitrogens is 4. The monoisotopic (exact) mass is 518 g/mol. The van der Waals surface area contributed by atoms with Crippen molar-refractivity contribution in [3.05, 3.63) is 106 Å². The first kappa shape index (κ1) is 25.5. The number of hydrogen-bond donors (Lipinski definition) is 3. The molecular formula is C26H23ClN6O4. The molecule has 0 saturated heterocycles. The zero-order valence-corrected chi connectivity index (χ0v) is 20.3. The van der Waals surface area contributed by atoms with Gasteiger partial charge in [-0.05, 0) is 64.4 Å². The van der Waals surface area contributed by atoms with Crippen LogP contribution in [0.2, 0.25) is 5.02 Å². The first-order valence-electron chi connectivity index (χ1n) is 11.4. The van der Waals surface area contributed by atoms with Gasteiger partial charge in [0.15, 0.2) is 0 Å². The van der Waals surface area contributed by atoms with Crippen LogP contribution >= 0.6 is 11.6 Å². The van der Waals surface area contributed by atoms with Crippen LogP contribution in [0.3, 0.4) is 0 Å². The van der Waals surface area contributed by atoms with Gasteiger partial charge in [-0.3, -0.25) is 9.59 Å². The molecule has 2 amide bonds. The van der Waals surface area contributed by atoms with Gasteiger partial charge in [0.2, 0.25) is 5.91 Å². The largest absolute Gasteiger partial charge is 0.478 e. The Morgan fingerprint density at radius 1 is 0.973 bits per heavy atom. The van der Waals surface area contributed by atoms with Gasteiger partial charge in [0.25, 0.3) is 5.91 Å². The van der Waals surface area contributed by atoms with Gasteiger partial charge in [-0.25, -0.2) is 9.48 Å². The summed E-state index contributed by atoms with van der Waals surface area (Å²) < 4.78 is 1.51. The van der Waals surface area contributed by atoms with Crippen LogP contribution in [0.1, 0.15) is 31.8 Å². The Balaban J connectivity index is 1.47. The average molecular weight is 519 g/mol. The van der Waals surface area contributed by atoms with Gasteiger partial charge in [-0.15, -0.1) is 5.10 Å². The number of aromatic carboxylic acids is 1. The highest BCUT2D eigenvalue weighted by atomic mass is 35.5. The minimum absolute atomic E-state index is 0.0170. The SMILES string of the molecule is O=C(O)c1cccc(C(=O)N[C@@H](Cc2ccccc2)C(=O)NCCc2cc(Cl)ccc2-n2cnnn2)c1. The Bertz CT molecular complexity index is 1400. The Hall–Kier alpha value is -4.57. The second kappa shape index (κ2) is 11.9. The third-order valence-electron chi connectivity index (χ3n) is 5.61. The summed E-state index contributed by atoms with van der Waals surface area (Å²) in [4.78, 5) is 37.4. The van der Waals surface area contributed by atoms with Crippen LogP contribution in [-0.2, 0) is 17.6 Å². The van der Waals surface area contributed by atoms with Gasteiger partial charge in [0.05, 0.1) is 11.3 Å². The van der Waals surface area contributed by atoms with Crippen LogP contribution in [0.5, 0.6) is 0 Å². The minimum Gasteiger partial charge on any atom is -0.478 e. The van der Waals surface area contributed by atoms with E-state index in [0.717, 1.165) is 16.8 Å². The molecule has 0 radical (unpaired) electrons. The maximum atomic E-state index is 13.2. The molecule has 0 bridgehead atoms. The summed E-state index contributed by atoms with van der Waals surface area (Å²) in [5.74, 6) is -2.07. The van der Waals surface area contributed by atoms with Crippen LogP contribution in [0.4, 0.5) is 0 Å². The highest BCUT2D eigenvalue weighted by molar-refractivity contribution is 6.30. The molecule has 1 heterocycles. The van der Waals surface area contributed by atoms with Gasteiger partial charge < -0.3 is 15.7 Å². The van der Waals surface area contributed by atoms with Crippen molar-refractivity contribution in [2.75, 3.05) is 6.54 Å². The normalized spacial score (nSPS) is 11.5. The molecule has 10 nitrogen and oxygen atoms in total. The Kier molecular flexibility index (Phi) is 8.22. The molecule has 3 aromatic carbocycles. The third-order valence-corrected chi connectivity index (χ3v) is 5.84. The maximum Gasteiger partial charge on any atom is 0.335 e. The van der Waals surface area contributed by atoms with Crippen molar-refractivity contribution in [1.29, 1.82) is 0 Å². The lowest BCUT2D eigenvalue weighted by molar-refractivity contribution is -0.122. The summed E-state index contributed by atoms with van der Waals surface area (Å²) in [5.41, 5.74) is 2.55. The fourth-order valence-electron chi connectivity index (χ4n) is 3.79. The van der Waals surface area contributed by atoms with Crippen LogP contribution in [-0.4, -0.2) is 55.7 Å². The van der Waals surface area contributed by atoms with E-state index in [-0.39, 0.29) is 30.0 Å². The first-order chi connectivity index (χ1) is 17.9. The van der Waals surface area contributed by atoms with E-state index in [4.69, 9.17) is 11.6 Å². The smallest absolute Gasteiger partial charge is 0.335 e. The molecule has 0 spiro atoms. The molecule has 4 rings (SSSR count). The molecule has 0 aliphatic carbocycles. The van der Waals surface area contributed by atoms with E-state index in [1.807, 2.05) is 30.3 Å². The predicted octanol–water partition coefficient (Wildman–Crippen LogP) is 2.71. The number of hydrogen-bond acceptors (Lipinski definition) is 6. The molecule has 1 aromatic heterocycles. The number of rotatable bonds is 10. The predicted molar refractivity (Wildman–Crippen MR) is 136 cm³/mol. The Labute approximate surface area is 217 Å². The van der Waals surface area contributed by atoms with Crippen molar-refractivity contribution in [1.82, 2.24) is 30.8 Å². The number of carbonyl (C=O) groups excluding carboxylic acids is 2. The topological polar surface area (TPSA) is 139 Å². The van der Waals surface area contributed by atoms with E-state index in [1.165, 1.54) is 35.3 Å². The van der Waals surface area contributed by atoms with Gasteiger partial charge in [0.1, 0.15) is 12.4 Å². The average Bonchev–Trinajstić information content (AvgIpc) is 3.44. The van der Waals surface area contributed by atoms with Crippen molar-refractivity contribution in [3.8, 4) is 5.69 Å².